The molecule has 2 heterocycles. The van der Waals surface area contributed by atoms with Gasteiger partial charge in [0.2, 0.25) is 0 Å². The SMILES string of the molecule is CC(N)CCNc1cc2n[nH]c(=O)n2cn1. The highest BCUT2D eigenvalue weighted by atomic mass is 16.1. The van der Waals surface area contributed by atoms with E-state index in [1.165, 1.54) is 10.7 Å². The molecule has 2 aromatic rings. The van der Waals surface area contributed by atoms with E-state index in [1.54, 1.807) is 6.07 Å². The van der Waals surface area contributed by atoms with Gasteiger partial charge in [0, 0.05) is 18.7 Å². The van der Waals surface area contributed by atoms with Crippen LogP contribution in [0.15, 0.2) is 17.2 Å². The Morgan fingerprint density at radius 2 is 2.50 bits per heavy atom. The molecule has 7 nitrogen and oxygen atoms in total. The van der Waals surface area contributed by atoms with E-state index in [9.17, 15) is 4.79 Å². The maximum Gasteiger partial charge on any atom is 0.348 e. The van der Waals surface area contributed by atoms with Crippen molar-refractivity contribution in [1.82, 2.24) is 19.6 Å². The fourth-order valence-electron chi connectivity index (χ4n) is 1.33. The fourth-order valence-corrected chi connectivity index (χ4v) is 1.33. The average molecular weight is 222 g/mol. The van der Waals surface area contributed by atoms with Crippen LogP contribution in [0.5, 0.6) is 0 Å². The van der Waals surface area contributed by atoms with E-state index in [0.717, 1.165) is 13.0 Å². The summed E-state index contributed by atoms with van der Waals surface area (Å²) in [6.45, 7) is 2.70. The molecule has 0 bridgehead atoms. The molecule has 0 aliphatic rings. The quantitative estimate of drug-likeness (QED) is 0.651. The summed E-state index contributed by atoms with van der Waals surface area (Å²) in [5, 5.41) is 9.31. The van der Waals surface area contributed by atoms with Gasteiger partial charge in [-0.3, -0.25) is 0 Å². The van der Waals surface area contributed by atoms with Gasteiger partial charge in [0.1, 0.15) is 12.1 Å². The summed E-state index contributed by atoms with van der Waals surface area (Å²) in [5.41, 5.74) is 5.88. The number of rotatable bonds is 4. The minimum Gasteiger partial charge on any atom is -0.370 e. The summed E-state index contributed by atoms with van der Waals surface area (Å²) in [7, 11) is 0. The predicted octanol–water partition coefficient (Wildman–Crippen LogP) is -0.433. The first-order valence-electron chi connectivity index (χ1n) is 5.09. The number of nitrogens with zero attached hydrogens (tertiary/aromatic N) is 3. The molecule has 86 valence electrons. The lowest BCUT2D eigenvalue weighted by molar-refractivity contribution is 0.689. The summed E-state index contributed by atoms with van der Waals surface area (Å²) in [4.78, 5) is 15.2. The van der Waals surface area contributed by atoms with E-state index in [0.29, 0.717) is 11.5 Å². The van der Waals surface area contributed by atoms with Crippen LogP contribution in [0.1, 0.15) is 13.3 Å². The number of anilines is 1. The summed E-state index contributed by atoms with van der Waals surface area (Å²) in [6, 6.07) is 1.86. The second kappa shape index (κ2) is 4.31. The molecule has 0 saturated carbocycles. The Morgan fingerprint density at radius 3 is 3.25 bits per heavy atom. The molecule has 0 spiro atoms. The number of aromatic amines is 1. The molecule has 7 heteroatoms. The molecule has 1 unspecified atom stereocenters. The maximum absolute atomic E-state index is 11.2. The minimum atomic E-state index is -0.287. The first-order chi connectivity index (χ1) is 7.66. The van der Waals surface area contributed by atoms with Crippen LogP contribution in [-0.2, 0) is 0 Å². The topological polar surface area (TPSA) is 101 Å². The van der Waals surface area contributed by atoms with Crippen molar-refractivity contribution >= 4 is 11.5 Å². The Labute approximate surface area is 91.7 Å². The lowest BCUT2D eigenvalue weighted by Crippen LogP contribution is -2.19. The third kappa shape index (κ3) is 2.19. The molecule has 2 rings (SSSR count). The van der Waals surface area contributed by atoms with Crippen molar-refractivity contribution in [2.75, 3.05) is 11.9 Å². The lowest BCUT2D eigenvalue weighted by Gasteiger charge is -2.07. The second-order valence-corrected chi connectivity index (χ2v) is 3.72. The van der Waals surface area contributed by atoms with Crippen LogP contribution >= 0.6 is 0 Å². The van der Waals surface area contributed by atoms with Crippen LogP contribution in [-0.4, -0.2) is 32.2 Å². The number of hydrogen-bond donors (Lipinski definition) is 3. The smallest absolute Gasteiger partial charge is 0.348 e. The molecule has 0 saturated heterocycles. The van der Waals surface area contributed by atoms with E-state index in [-0.39, 0.29) is 11.7 Å². The Hall–Kier alpha value is -1.89. The lowest BCUT2D eigenvalue weighted by atomic mass is 10.2. The number of H-pyrrole nitrogens is 1. The van der Waals surface area contributed by atoms with Gasteiger partial charge in [-0.25, -0.2) is 19.3 Å². The Balaban J connectivity index is 2.11. The summed E-state index contributed by atoms with van der Waals surface area (Å²) in [5.74, 6) is 0.687. The van der Waals surface area contributed by atoms with Crippen molar-refractivity contribution in [2.45, 2.75) is 19.4 Å². The maximum atomic E-state index is 11.2. The zero-order valence-corrected chi connectivity index (χ0v) is 8.97. The standard InChI is InChI=1S/C9H14N6O/c1-6(10)2-3-11-7-4-8-13-14-9(16)15(8)5-12-7/h4-6,11H,2-3,10H2,1H3,(H,14,16). The number of nitrogens with two attached hydrogens (primary N) is 1. The average Bonchev–Trinajstić information content (AvgIpc) is 2.60. The molecule has 0 aliphatic heterocycles. The normalized spacial score (nSPS) is 12.9. The molecule has 0 fully saturated rings. The van der Waals surface area contributed by atoms with Gasteiger partial charge in [-0.2, -0.15) is 5.10 Å². The fraction of sp³-hybridized carbons (Fsp3) is 0.444. The van der Waals surface area contributed by atoms with E-state index < -0.39 is 0 Å². The van der Waals surface area contributed by atoms with Gasteiger partial charge in [0.05, 0.1) is 0 Å². The van der Waals surface area contributed by atoms with Gasteiger partial charge in [-0.05, 0) is 13.3 Å². The molecule has 2 aromatic heterocycles. The molecular formula is C9H14N6O. The van der Waals surface area contributed by atoms with Gasteiger partial charge in [0.15, 0.2) is 5.65 Å². The Bertz CT molecular complexity index is 528. The Kier molecular flexibility index (Phi) is 2.86. The third-order valence-electron chi connectivity index (χ3n) is 2.22. The first-order valence-corrected chi connectivity index (χ1v) is 5.09. The van der Waals surface area contributed by atoms with Crippen molar-refractivity contribution < 1.29 is 0 Å². The molecule has 0 amide bonds. The summed E-state index contributed by atoms with van der Waals surface area (Å²) >= 11 is 0. The molecule has 4 N–H and O–H groups in total. The van der Waals surface area contributed by atoms with Crippen molar-refractivity contribution in [2.24, 2.45) is 5.73 Å². The highest BCUT2D eigenvalue weighted by molar-refractivity contribution is 5.48. The molecule has 0 aliphatic carbocycles. The van der Waals surface area contributed by atoms with Gasteiger partial charge in [-0.1, -0.05) is 0 Å². The second-order valence-electron chi connectivity index (χ2n) is 3.72. The molecular weight excluding hydrogens is 208 g/mol. The number of fused-ring (bicyclic) bond motifs is 1. The van der Waals surface area contributed by atoms with Crippen molar-refractivity contribution in [3.63, 3.8) is 0 Å². The third-order valence-corrected chi connectivity index (χ3v) is 2.22. The number of hydrogen-bond acceptors (Lipinski definition) is 5. The highest BCUT2D eigenvalue weighted by Gasteiger charge is 2.02. The van der Waals surface area contributed by atoms with Gasteiger partial charge < -0.3 is 11.1 Å². The predicted molar refractivity (Wildman–Crippen MR) is 60.4 cm³/mol. The minimum absolute atomic E-state index is 0.157. The van der Waals surface area contributed by atoms with Gasteiger partial charge in [-0.15, -0.1) is 0 Å². The van der Waals surface area contributed by atoms with E-state index >= 15 is 0 Å². The van der Waals surface area contributed by atoms with Crippen LogP contribution in [0.4, 0.5) is 5.82 Å². The molecule has 0 radical (unpaired) electrons. The number of aromatic nitrogens is 4. The molecule has 16 heavy (non-hydrogen) atoms. The monoisotopic (exact) mass is 222 g/mol. The van der Waals surface area contributed by atoms with Crippen molar-refractivity contribution in [3.05, 3.63) is 22.9 Å². The number of nitrogens with one attached hydrogen (secondary N) is 2. The summed E-state index contributed by atoms with van der Waals surface area (Å²) in [6.07, 6.45) is 2.30. The largest absolute Gasteiger partial charge is 0.370 e. The highest BCUT2D eigenvalue weighted by Crippen LogP contribution is 2.04. The van der Waals surface area contributed by atoms with Crippen LogP contribution in [0.2, 0.25) is 0 Å². The first kappa shape index (κ1) is 10.6. The molecule has 1 atom stereocenters. The van der Waals surface area contributed by atoms with E-state index in [2.05, 4.69) is 20.5 Å². The van der Waals surface area contributed by atoms with E-state index in [4.69, 9.17) is 5.73 Å². The van der Waals surface area contributed by atoms with Crippen molar-refractivity contribution in [1.29, 1.82) is 0 Å². The van der Waals surface area contributed by atoms with Crippen LogP contribution < -0.4 is 16.7 Å². The van der Waals surface area contributed by atoms with Crippen LogP contribution in [0.25, 0.3) is 5.65 Å². The van der Waals surface area contributed by atoms with Crippen LogP contribution in [0.3, 0.4) is 0 Å². The Morgan fingerprint density at radius 1 is 1.69 bits per heavy atom. The van der Waals surface area contributed by atoms with Gasteiger partial charge in [0.25, 0.3) is 0 Å². The van der Waals surface area contributed by atoms with Gasteiger partial charge >= 0.3 is 5.69 Å². The van der Waals surface area contributed by atoms with Crippen molar-refractivity contribution in [3.8, 4) is 0 Å². The van der Waals surface area contributed by atoms with E-state index in [1.807, 2.05) is 6.92 Å². The zero-order valence-electron chi connectivity index (χ0n) is 8.97. The summed E-state index contributed by atoms with van der Waals surface area (Å²) < 4.78 is 1.34. The van der Waals surface area contributed by atoms with Crippen LogP contribution in [0, 0.1) is 0 Å². The molecule has 0 aromatic carbocycles. The zero-order chi connectivity index (χ0) is 11.5.